The van der Waals surface area contributed by atoms with Gasteiger partial charge in [-0.15, -0.1) is 0 Å². The third-order valence-electron chi connectivity index (χ3n) is 4.83. The van der Waals surface area contributed by atoms with E-state index >= 15 is 0 Å². The van der Waals surface area contributed by atoms with Crippen molar-refractivity contribution in [2.45, 2.75) is 83.4 Å². The molecule has 1 amide bonds. The van der Waals surface area contributed by atoms with E-state index in [1.165, 1.54) is 0 Å². The number of piperidine rings is 2. The van der Waals surface area contributed by atoms with Crippen molar-refractivity contribution in [3.05, 3.63) is 11.9 Å². The molecule has 0 spiro atoms. The molecule has 0 aliphatic carbocycles. The standard InChI is InChI=1S/C18H26F3NO3/c1-18(2,3)25-17(24)22-12-5-4-6-13(22)10-11(9-12)15(23)8-7-14(19)16(20)21/h11-13H,4-10H2,1-3H3. The number of fused-ring (bicyclic) bond motifs is 2. The monoisotopic (exact) mass is 361 g/mol. The minimum Gasteiger partial charge on any atom is -0.444 e. The first-order chi connectivity index (χ1) is 11.6. The van der Waals surface area contributed by atoms with Crippen LogP contribution in [0.15, 0.2) is 11.9 Å². The van der Waals surface area contributed by atoms with Gasteiger partial charge in [0.15, 0.2) is 5.83 Å². The van der Waals surface area contributed by atoms with Gasteiger partial charge in [-0.3, -0.25) is 4.79 Å². The maximum absolute atomic E-state index is 12.9. The Labute approximate surface area is 146 Å². The summed E-state index contributed by atoms with van der Waals surface area (Å²) in [5, 5.41) is 0. The maximum Gasteiger partial charge on any atom is 0.410 e. The van der Waals surface area contributed by atoms with Gasteiger partial charge in [0.1, 0.15) is 11.4 Å². The van der Waals surface area contributed by atoms with E-state index in [1.54, 1.807) is 4.90 Å². The molecule has 0 aromatic carbocycles. The van der Waals surface area contributed by atoms with Crippen LogP contribution in [0.2, 0.25) is 0 Å². The summed E-state index contributed by atoms with van der Waals surface area (Å²) in [5.41, 5.74) is -0.585. The Bertz CT molecular complexity index is 538. The fourth-order valence-corrected chi connectivity index (χ4v) is 3.79. The molecular weight excluding hydrogens is 335 g/mol. The Morgan fingerprint density at radius 2 is 1.60 bits per heavy atom. The Morgan fingerprint density at radius 1 is 1.04 bits per heavy atom. The maximum atomic E-state index is 12.9. The number of hydrogen-bond acceptors (Lipinski definition) is 3. The topological polar surface area (TPSA) is 46.6 Å². The molecule has 2 fully saturated rings. The predicted molar refractivity (Wildman–Crippen MR) is 86.8 cm³/mol. The average Bonchev–Trinajstić information content (AvgIpc) is 2.48. The van der Waals surface area contributed by atoms with Crippen molar-refractivity contribution in [3.8, 4) is 0 Å². The SMILES string of the molecule is CC(C)(C)OC(=O)N1C2CCCC1CC(C(=O)CCC(F)=C(F)F)C2. The highest BCUT2D eigenvalue weighted by Gasteiger charge is 2.44. The second-order valence-electron chi connectivity index (χ2n) is 7.93. The summed E-state index contributed by atoms with van der Waals surface area (Å²) in [4.78, 5) is 26.5. The number of carbonyl (C=O) groups excluding carboxylic acids is 2. The highest BCUT2D eigenvalue weighted by atomic mass is 19.3. The summed E-state index contributed by atoms with van der Waals surface area (Å²) in [6, 6.07) is -0.149. The van der Waals surface area contributed by atoms with E-state index in [2.05, 4.69) is 0 Å². The first kappa shape index (κ1) is 19.8. The molecule has 7 heteroatoms. The van der Waals surface area contributed by atoms with Crippen molar-refractivity contribution in [2.24, 2.45) is 5.92 Å². The zero-order valence-electron chi connectivity index (χ0n) is 15.0. The lowest BCUT2D eigenvalue weighted by Crippen LogP contribution is -2.56. The van der Waals surface area contributed by atoms with Crippen LogP contribution in [0.3, 0.4) is 0 Å². The van der Waals surface area contributed by atoms with Crippen LogP contribution in [0, 0.1) is 5.92 Å². The zero-order valence-corrected chi connectivity index (χ0v) is 15.0. The number of nitrogens with zero attached hydrogens (tertiary/aromatic N) is 1. The summed E-state index contributed by atoms with van der Waals surface area (Å²) in [6.07, 6.45) is 0.0872. The van der Waals surface area contributed by atoms with Gasteiger partial charge in [0, 0.05) is 30.8 Å². The van der Waals surface area contributed by atoms with E-state index in [1.807, 2.05) is 20.8 Å². The van der Waals surface area contributed by atoms with Gasteiger partial charge in [0.25, 0.3) is 0 Å². The van der Waals surface area contributed by atoms with Gasteiger partial charge in [-0.1, -0.05) is 0 Å². The molecule has 0 N–H and O–H groups in total. The van der Waals surface area contributed by atoms with E-state index < -0.39 is 23.9 Å². The van der Waals surface area contributed by atoms with Crippen LogP contribution in [0.4, 0.5) is 18.0 Å². The smallest absolute Gasteiger partial charge is 0.410 e. The van der Waals surface area contributed by atoms with Gasteiger partial charge in [0.05, 0.1) is 0 Å². The number of ether oxygens (including phenoxy) is 1. The highest BCUT2D eigenvalue weighted by molar-refractivity contribution is 5.82. The normalized spacial score (nSPS) is 26.2. The molecule has 25 heavy (non-hydrogen) atoms. The Morgan fingerprint density at radius 3 is 2.08 bits per heavy atom. The van der Waals surface area contributed by atoms with Crippen molar-refractivity contribution in [1.29, 1.82) is 0 Å². The van der Waals surface area contributed by atoms with Crippen molar-refractivity contribution in [3.63, 3.8) is 0 Å². The minimum absolute atomic E-state index is 0.0744. The minimum atomic E-state index is -2.36. The van der Waals surface area contributed by atoms with Crippen LogP contribution in [-0.2, 0) is 9.53 Å². The van der Waals surface area contributed by atoms with E-state index in [0.717, 1.165) is 19.3 Å². The molecule has 0 saturated carbocycles. The second-order valence-corrected chi connectivity index (χ2v) is 7.93. The lowest BCUT2D eigenvalue weighted by molar-refractivity contribution is -0.127. The third-order valence-corrected chi connectivity index (χ3v) is 4.83. The van der Waals surface area contributed by atoms with E-state index in [4.69, 9.17) is 4.74 Å². The number of rotatable bonds is 4. The summed E-state index contributed by atoms with van der Waals surface area (Å²) in [7, 11) is 0. The van der Waals surface area contributed by atoms with Crippen LogP contribution in [0.25, 0.3) is 0 Å². The van der Waals surface area contributed by atoms with E-state index in [0.29, 0.717) is 12.8 Å². The van der Waals surface area contributed by atoms with Gasteiger partial charge < -0.3 is 9.64 Å². The molecule has 0 aromatic rings. The second kappa shape index (κ2) is 7.79. The molecule has 2 rings (SSSR count). The number of allylic oxidation sites excluding steroid dienone is 1. The lowest BCUT2D eigenvalue weighted by atomic mass is 9.76. The van der Waals surface area contributed by atoms with Crippen molar-refractivity contribution < 1.29 is 27.5 Å². The molecule has 0 radical (unpaired) electrons. The molecule has 2 aliphatic heterocycles. The number of hydrogen-bond donors (Lipinski definition) is 0. The third kappa shape index (κ3) is 5.22. The molecule has 2 bridgehead atoms. The average molecular weight is 361 g/mol. The van der Waals surface area contributed by atoms with Crippen LogP contribution in [0.5, 0.6) is 0 Å². The fourth-order valence-electron chi connectivity index (χ4n) is 3.79. The predicted octanol–water partition coefficient (Wildman–Crippen LogP) is 4.98. The molecule has 2 aliphatic rings. The quantitative estimate of drug-likeness (QED) is 0.709. The van der Waals surface area contributed by atoms with Crippen molar-refractivity contribution >= 4 is 11.9 Å². The zero-order chi connectivity index (χ0) is 18.8. The lowest BCUT2D eigenvalue weighted by Gasteiger charge is -2.48. The van der Waals surface area contributed by atoms with Crippen LogP contribution < -0.4 is 0 Å². The number of Topliss-reactive ketones (excluding diaryl/α,β-unsaturated/α-hetero) is 1. The van der Waals surface area contributed by atoms with Crippen LogP contribution in [-0.4, -0.2) is 34.5 Å². The summed E-state index contributed by atoms with van der Waals surface area (Å²) < 4.78 is 42.6. The Balaban J connectivity index is 1.99. The van der Waals surface area contributed by atoms with Crippen LogP contribution >= 0.6 is 0 Å². The molecule has 0 aromatic heterocycles. The van der Waals surface area contributed by atoms with Gasteiger partial charge in [-0.2, -0.15) is 8.78 Å². The summed E-state index contributed by atoms with van der Waals surface area (Å²) in [6.45, 7) is 5.43. The largest absolute Gasteiger partial charge is 0.444 e. The first-order valence-electron chi connectivity index (χ1n) is 8.82. The fraction of sp³-hybridized carbons (Fsp3) is 0.778. The molecular formula is C18H26F3NO3. The van der Waals surface area contributed by atoms with E-state index in [9.17, 15) is 22.8 Å². The number of ketones is 1. The molecule has 4 nitrogen and oxygen atoms in total. The van der Waals surface area contributed by atoms with Crippen LogP contribution in [0.1, 0.15) is 65.7 Å². The Kier molecular flexibility index (Phi) is 6.16. The van der Waals surface area contributed by atoms with Gasteiger partial charge in [0.2, 0.25) is 0 Å². The summed E-state index contributed by atoms with van der Waals surface area (Å²) >= 11 is 0. The number of amides is 1. The molecule has 142 valence electrons. The highest BCUT2D eigenvalue weighted by Crippen LogP contribution is 2.39. The van der Waals surface area contributed by atoms with Gasteiger partial charge in [-0.05, 0) is 52.9 Å². The Hall–Kier alpha value is -1.53. The van der Waals surface area contributed by atoms with Gasteiger partial charge in [-0.25, -0.2) is 9.18 Å². The molecule has 2 atom stereocenters. The molecule has 2 unspecified atom stereocenters. The number of carbonyl (C=O) groups is 2. The number of halogens is 3. The van der Waals surface area contributed by atoms with Crippen molar-refractivity contribution in [2.75, 3.05) is 0 Å². The molecule has 2 saturated heterocycles. The molecule has 2 heterocycles. The van der Waals surface area contributed by atoms with Crippen molar-refractivity contribution in [1.82, 2.24) is 4.90 Å². The van der Waals surface area contributed by atoms with E-state index in [-0.39, 0.29) is 36.3 Å². The first-order valence-corrected chi connectivity index (χ1v) is 8.82. The summed E-state index contributed by atoms with van der Waals surface area (Å²) in [5.74, 6) is -2.01. The van der Waals surface area contributed by atoms with Gasteiger partial charge >= 0.3 is 12.2 Å².